The first-order chi connectivity index (χ1) is 7.52. The summed E-state index contributed by atoms with van der Waals surface area (Å²) in [5.74, 6) is 0.581. The van der Waals surface area contributed by atoms with E-state index in [-0.39, 0.29) is 5.41 Å². The number of nitrogens with zero attached hydrogens (tertiary/aromatic N) is 1. The smallest absolute Gasteiger partial charge is 0.0627 e. The van der Waals surface area contributed by atoms with Crippen molar-refractivity contribution in [1.82, 2.24) is 0 Å². The van der Waals surface area contributed by atoms with E-state index >= 15 is 0 Å². The zero-order valence-electron chi connectivity index (χ0n) is 10.7. The highest BCUT2D eigenvalue weighted by Crippen LogP contribution is 2.55. The van der Waals surface area contributed by atoms with Gasteiger partial charge in [0.15, 0.2) is 0 Å². The summed E-state index contributed by atoms with van der Waals surface area (Å²) < 4.78 is 0. The SMILES string of the molecule is C=C(C)CCC[C@@]1(CC#N)CC[C@H]1C(=C)C. The van der Waals surface area contributed by atoms with Crippen LogP contribution in [0.5, 0.6) is 0 Å². The molecule has 0 N–H and O–H groups in total. The van der Waals surface area contributed by atoms with E-state index in [0.29, 0.717) is 12.3 Å². The topological polar surface area (TPSA) is 23.8 Å². The van der Waals surface area contributed by atoms with Gasteiger partial charge in [-0.05, 0) is 57.3 Å². The molecule has 0 spiro atoms. The minimum atomic E-state index is 0.246. The van der Waals surface area contributed by atoms with Crippen molar-refractivity contribution in [1.29, 1.82) is 5.26 Å². The maximum absolute atomic E-state index is 8.98. The number of hydrogen-bond acceptors (Lipinski definition) is 1. The van der Waals surface area contributed by atoms with Crippen LogP contribution in [0.1, 0.15) is 52.4 Å². The molecule has 0 bridgehead atoms. The van der Waals surface area contributed by atoms with Gasteiger partial charge in [-0.1, -0.05) is 17.7 Å². The van der Waals surface area contributed by atoms with E-state index in [4.69, 9.17) is 5.26 Å². The van der Waals surface area contributed by atoms with Crippen LogP contribution in [-0.4, -0.2) is 0 Å². The fraction of sp³-hybridized carbons (Fsp3) is 0.667. The molecule has 1 nitrogen and oxygen atoms in total. The van der Waals surface area contributed by atoms with E-state index in [0.717, 1.165) is 12.8 Å². The zero-order chi connectivity index (χ0) is 12.2. The van der Waals surface area contributed by atoms with E-state index in [1.807, 2.05) is 0 Å². The predicted octanol–water partition coefficient (Wildman–Crippen LogP) is 4.62. The fourth-order valence-corrected chi connectivity index (χ4v) is 2.96. The van der Waals surface area contributed by atoms with Crippen LogP contribution < -0.4 is 0 Å². The van der Waals surface area contributed by atoms with Gasteiger partial charge < -0.3 is 0 Å². The summed E-state index contributed by atoms with van der Waals surface area (Å²) in [7, 11) is 0. The van der Waals surface area contributed by atoms with Gasteiger partial charge in [-0.25, -0.2) is 0 Å². The van der Waals surface area contributed by atoms with Crippen LogP contribution in [0.15, 0.2) is 24.3 Å². The van der Waals surface area contributed by atoms with Crippen LogP contribution >= 0.6 is 0 Å². The van der Waals surface area contributed by atoms with Crippen LogP contribution in [-0.2, 0) is 0 Å². The molecule has 1 aliphatic rings. The lowest BCUT2D eigenvalue weighted by Crippen LogP contribution is -2.40. The first-order valence-electron chi connectivity index (χ1n) is 6.18. The lowest BCUT2D eigenvalue weighted by atomic mass is 9.54. The van der Waals surface area contributed by atoms with Crippen molar-refractivity contribution in [3.8, 4) is 6.07 Å². The van der Waals surface area contributed by atoms with Crippen molar-refractivity contribution >= 4 is 0 Å². The summed E-state index contributed by atoms with van der Waals surface area (Å²) >= 11 is 0. The van der Waals surface area contributed by atoms with Crippen molar-refractivity contribution in [2.24, 2.45) is 11.3 Å². The normalized spacial score (nSPS) is 27.9. The summed E-state index contributed by atoms with van der Waals surface area (Å²) in [5.41, 5.74) is 2.76. The third-order valence-electron chi connectivity index (χ3n) is 3.97. The summed E-state index contributed by atoms with van der Waals surface area (Å²) in [6, 6.07) is 2.37. The first kappa shape index (κ1) is 13.0. The summed E-state index contributed by atoms with van der Waals surface area (Å²) in [6.07, 6.45) is 6.54. The minimum absolute atomic E-state index is 0.246. The number of allylic oxidation sites excluding steroid dienone is 2. The molecular weight excluding hydrogens is 194 g/mol. The zero-order valence-corrected chi connectivity index (χ0v) is 10.7. The highest BCUT2D eigenvalue weighted by atomic mass is 14.5. The Hall–Kier alpha value is -1.03. The maximum Gasteiger partial charge on any atom is 0.0627 e. The van der Waals surface area contributed by atoms with Gasteiger partial charge in [0.25, 0.3) is 0 Å². The van der Waals surface area contributed by atoms with Crippen molar-refractivity contribution in [2.45, 2.75) is 52.4 Å². The largest absolute Gasteiger partial charge is 0.198 e. The molecule has 0 unspecified atom stereocenters. The Morgan fingerprint density at radius 1 is 1.44 bits per heavy atom. The standard InChI is InChI=1S/C15H23N/c1-12(2)6-5-8-15(10-11-16)9-7-14(15)13(3)4/h14H,1,3,5-10H2,2,4H3/t14-,15-/m0/s1. The molecule has 0 aromatic rings. The van der Waals surface area contributed by atoms with E-state index in [2.05, 4.69) is 33.1 Å². The Kier molecular flexibility index (Phi) is 4.35. The van der Waals surface area contributed by atoms with Crippen LogP contribution in [0.2, 0.25) is 0 Å². The molecule has 0 saturated heterocycles. The quantitative estimate of drug-likeness (QED) is 0.595. The molecule has 0 radical (unpaired) electrons. The van der Waals surface area contributed by atoms with Gasteiger partial charge in [-0.15, -0.1) is 6.58 Å². The van der Waals surface area contributed by atoms with Gasteiger partial charge in [0.1, 0.15) is 0 Å². The van der Waals surface area contributed by atoms with Crippen molar-refractivity contribution in [3.63, 3.8) is 0 Å². The van der Waals surface area contributed by atoms with Crippen molar-refractivity contribution in [3.05, 3.63) is 24.3 Å². The average Bonchev–Trinajstić information content (AvgIpc) is 2.13. The molecule has 1 saturated carbocycles. The van der Waals surface area contributed by atoms with Gasteiger partial charge in [0.05, 0.1) is 6.07 Å². The molecule has 0 aromatic heterocycles. The van der Waals surface area contributed by atoms with E-state index in [1.165, 1.54) is 30.4 Å². The second kappa shape index (κ2) is 5.34. The van der Waals surface area contributed by atoms with Gasteiger partial charge in [0.2, 0.25) is 0 Å². The number of hydrogen-bond donors (Lipinski definition) is 0. The van der Waals surface area contributed by atoms with Gasteiger partial charge in [-0.3, -0.25) is 0 Å². The van der Waals surface area contributed by atoms with E-state index < -0.39 is 0 Å². The third kappa shape index (κ3) is 2.76. The van der Waals surface area contributed by atoms with Gasteiger partial charge in [0, 0.05) is 6.42 Å². The summed E-state index contributed by atoms with van der Waals surface area (Å²) in [5, 5.41) is 8.98. The van der Waals surface area contributed by atoms with E-state index in [1.54, 1.807) is 0 Å². The Bertz CT molecular complexity index is 321. The van der Waals surface area contributed by atoms with Crippen LogP contribution in [0.4, 0.5) is 0 Å². The number of rotatable bonds is 6. The molecule has 0 heterocycles. The molecule has 1 aliphatic carbocycles. The molecule has 0 aromatic carbocycles. The van der Waals surface area contributed by atoms with Crippen LogP contribution in [0.25, 0.3) is 0 Å². The predicted molar refractivity (Wildman–Crippen MR) is 68.9 cm³/mol. The van der Waals surface area contributed by atoms with Crippen LogP contribution in [0, 0.1) is 22.7 Å². The highest BCUT2D eigenvalue weighted by molar-refractivity contribution is 5.13. The van der Waals surface area contributed by atoms with Crippen LogP contribution in [0.3, 0.4) is 0 Å². The Labute approximate surface area is 99.9 Å². The lowest BCUT2D eigenvalue weighted by Gasteiger charge is -2.49. The third-order valence-corrected chi connectivity index (χ3v) is 3.97. The van der Waals surface area contributed by atoms with Gasteiger partial charge in [-0.2, -0.15) is 5.26 Å². The molecule has 0 amide bonds. The van der Waals surface area contributed by atoms with Crippen molar-refractivity contribution in [2.75, 3.05) is 0 Å². The molecule has 2 atom stereocenters. The molecular formula is C15H23N. The van der Waals surface area contributed by atoms with E-state index in [9.17, 15) is 0 Å². The first-order valence-corrected chi connectivity index (χ1v) is 6.18. The fourth-order valence-electron chi connectivity index (χ4n) is 2.96. The minimum Gasteiger partial charge on any atom is -0.198 e. The molecule has 1 heteroatoms. The molecule has 88 valence electrons. The summed E-state index contributed by atoms with van der Waals surface area (Å²) in [4.78, 5) is 0. The lowest BCUT2D eigenvalue weighted by molar-refractivity contribution is 0.0495. The Morgan fingerprint density at radius 3 is 2.50 bits per heavy atom. The maximum atomic E-state index is 8.98. The molecule has 0 aliphatic heterocycles. The number of nitriles is 1. The second-order valence-corrected chi connectivity index (χ2v) is 5.45. The molecule has 1 fully saturated rings. The highest BCUT2D eigenvalue weighted by Gasteiger charge is 2.45. The average molecular weight is 217 g/mol. The van der Waals surface area contributed by atoms with Gasteiger partial charge >= 0.3 is 0 Å². The van der Waals surface area contributed by atoms with Crippen molar-refractivity contribution < 1.29 is 0 Å². The Morgan fingerprint density at radius 2 is 2.12 bits per heavy atom. The summed E-state index contributed by atoms with van der Waals surface area (Å²) in [6.45, 7) is 12.2. The molecule has 16 heavy (non-hydrogen) atoms. The molecule has 1 rings (SSSR count). The second-order valence-electron chi connectivity index (χ2n) is 5.45. The Balaban J connectivity index is 2.57. The monoisotopic (exact) mass is 217 g/mol.